The topological polar surface area (TPSA) is 71.1 Å². The van der Waals surface area contributed by atoms with Crippen molar-refractivity contribution >= 4 is 33.9 Å². The smallest absolute Gasteiger partial charge is 0.340 e. The number of piperazine rings is 1. The molecule has 0 radical (unpaired) electrons. The summed E-state index contributed by atoms with van der Waals surface area (Å²) in [6, 6.07) is 9.69. The number of carbonyl (C=O) groups excluding carboxylic acids is 2. The summed E-state index contributed by atoms with van der Waals surface area (Å²) in [7, 11) is 1.33. The summed E-state index contributed by atoms with van der Waals surface area (Å²) in [5.41, 5.74) is 1.48. The molecule has 1 aliphatic rings. The average Bonchev–Trinajstić information content (AvgIpc) is 3.16. The number of carbonyl (C=O) groups is 2. The number of nitrogens with one attached hydrogen (secondary N) is 1. The maximum absolute atomic E-state index is 12.4. The number of rotatable bonds is 7. The Morgan fingerprint density at radius 3 is 2.61 bits per heavy atom. The van der Waals surface area contributed by atoms with Crippen molar-refractivity contribution in [2.75, 3.05) is 56.7 Å². The largest absolute Gasteiger partial charge is 0.492 e. The zero-order valence-corrected chi connectivity index (χ0v) is 17.0. The number of benzene rings is 1. The van der Waals surface area contributed by atoms with E-state index in [-0.39, 0.29) is 5.91 Å². The molecular weight excluding hydrogens is 378 g/mol. The molecule has 0 aliphatic carbocycles. The molecule has 8 heteroatoms. The lowest BCUT2D eigenvalue weighted by Gasteiger charge is -2.36. The number of anilines is 2. The summed E-state index contributed by atoms with van der Waals surface area (Å²) in [6.07, 6.45) is 0. The zero-order chi connectivity index (χ0) is 19.9. The van der Waals surface area contributed by atoms with Crippen LogP contribution in [0.25, 0.3) is 0 Å². The first-order valence-electron chi connectivity index (χ1n) is 9.27. The molecule has 28 heavy (non-hydrogen) atoms. The number of methoxy groups -OCH3 is 1. The predicted molar refractivity (Wildman–Crippen MR) is 111 cm³/mol. The van der Waals surface area contributed by atoms with E-state index in [2.05, 4.69) is 21.2 Å². The fourth-order valence-corrected chi connectivity index (χ4v) is 3.98. The Hall–Kier alpha value is -2.58. The van der Waals surface area contributed by atoms with Crippen LogP contribution in [0.15, 0.2) is 35.7 Å². The fourth-order valence-electron chi connectivity index (χ4n) is 3.19. The summed E-state index contributed by atoms with van der Waals surface area (Å²) in [5.74, 6) is 0.318. The lowest BCUT2D eigenvalue weighted by molar-refractivity contribution is -0.117. The van der Waals surface area contributed by atoms with Gasteiger partial charge in [0, 0.05) is 26.2 Å². The van der Waals surface area contributed by atoms with Crippen LogP contribution < -0.4 is 15.0 Å². The van der Waals surface area contributed by atoms with Gasteiger partial charge in [0.05, 0.1) is 31.5 Å². The first kappa shape index (κ1) is 20.2. The van der Waals surface area contributed by atoms with E-state index in [0.717, 1.165) is 37.6 Å². The molecule has 2 aromatic rings. The third kappa shape index (κ3) is 4.82. The molecule has 0 atom stereocenters. The number of thiophene rings is 1. The van der Waals surface area contributed by atoms with Gasteiger partial charge in [-0.25, -0.2) is 4.79 Å². The molecule has 0 bridgehead atoms. The molecule has 1 amide bonds. The van der Waals surface area contributed by atoms with Crippen LogP contribution in [-0.4, -0.2) is 63.2 Å². The van der Waals surface area contributed by atoms with Gasteiger partial charge < -0.3 is 19.7 Å². The maximum Gasteiger partial charge on any atom is 0.340 e. The summed E-state index contributed by atoms with van der Waals surface area (Å²) in [4.78, 5) is 28.5. The molecule has 0 spiro atoms. The zero-order valence-electron chi connectivity index (χ0n) is 16.1. The lowest BCUT2D eigenvalue weighted by Crippen LogP contribution is -2.48. The minimum atomic E-state index is -0.446. The molecule has 3 rings (SSSR count). The summed E-state index contributed by atoms with van der Waals surface area (Å²) in [5, 5.41) is 5.11. The third-order valence-electron chi connectivity index (χ3n) is 4.57. The SMILES string of the molecule is CCOc1ccccc1N1CCN(CC(=O)Nc2sccc2C(=O)OC)CC1. The second-order valence-electron chi connectivity index (χ2n) is 6.37. The van der Waals surface area contributed by atoms with Gasteiger partial charge >= 0.3 is 5.97 Å². The Bertz CT molecular complexity index is 815. The molecule has 2 heterocycles. The Morgan fingerprint density at radius 2 is 1.89 bits per heavy atom. The van der Waals surface area contributed by atoms with Crippen LogP contribution in [0.2, 0.25) is 0 Å². The highest BCUT2D eigenvalue weighted by molar-refractivity contribution is 7.14. The molecule has 1 aromatic carbocycles. The molecule has 1 N–H and O–H groups in total. The predicted octanol–water partition coefficient (Wildman–Crippen LogP) is 2.69. The lowest BCUT2D eigenvalue weighted by atomic mass is 10.2. The number of hydrogen-bond acceptors (Lipinski definition) is 7. The number of ether oxygens (including phenoxy) is 2. The molecule has 1 saturated heterocycles. The van der Waals surface area contributed by atoms with E-state index >= 15 is 0 Å². The van der Waals surface area contributed by atoms with E-state index in [9.17, 15) is 9.59 Å². The average molecular weight is 404 g/mol. The second-order valence-corrected chi connectivity index (χ2v) is 7.28. The molecule has 1 aromatic heterocycles. The molecule has 0 unspecified atom stereocenters. The van der Waals surface area contributed by atoms with Crippen molar-refractivity contribution in [3.8, 4) is 5.75 Å². The van der Waals surface area contributed by atoms with Crippen molar-refractivity contribution in [2.45, 2.75) is 6.92 Å². The molecular formula is C20H25N3O4S. The summed E-state index contributed by atoms with van der Waals surface area (Å²) < 4.78 is 10.5. The monoisotopic (exact) mass is 403 g/mol. The van der Waals surface area contributed by atoms with Crippen LogP contribution in [0.5, 0.6) is 5.75 Å². The maximum atomic E-state index is 12.4. The standard InChI is InChI=1S/C20H25N3O4S/c1-3-27-17-7-5-4-6-16(17)23-11-9-22(10-12-23)14-18(24)21-19-15(8-13-28-19)20(25)26-2/h4-8,13H,3,9-12,14H2,1-2H3,(H,21,24). The Morgan fingerprint density at radius 1 is 1.14 bits per heavy atom. The van der Waals surface area contributed by atoms with E-state index in [1.54, 1.807) is 11.4 Å². The van der Waals surface area contributed by atoms with Gasteiger partial charge in [-0.2, -0.15) is 0 Å². The Labute approximate surface area is 168 Å². The van der Waals surface area contributed by atoms with Crippen LogP contribution >= 0.6 is 11.3 Å². The molecule has 7 nitrogen and oxygen atoms in total. The Balaban J connectivity index is 1.53. The van der Waals surface area contributed by atoms with Crippen LogP contribution in [0.1, 0.15) is 17.3 Å². The van der Waals surface area contributed by atoms with Crippen molar-refractivity contribution in [3.63, 3.8) is 0 Å². The van der Waals surface area contributed by atoms with Gasteiger partial charge in [-0.3, -0.25) is 9.69 Å². The summed E-state index contributed by atoms with van der Waals surface area (Å²) in [6.45, 7) is 6.11. The molecule has 1 fully saturated rings. The van der Waals surface area contributed by atoms with E-state index in [1.807, 2.05) is 25.1 Å². The number of hydrogen-bond donors (Lipinski definition) is 1. The van der Waals surface area contributed by atoms with Crippen molar-refractivity contribution in [3.05, 3.63) is 41.3 Å². The van der Waals surface area contributed by atoms with E-state index in [0.29, 0.717) is 23.7 Å². The number of para-hydroxylation sites is 2. The van der Waals surface area contributed by atoms with Crippen LogP contribution in [0.3, 0.4) is 0 Å². The number of nitrogens with zero attached hydrogens (tertiary/aromatic N) is 2. The quantitative estimate of drug-likeness (QED) is 0.717. The highest BCUT2D eigenvalue weighted by atomic mass is 32.1. The van der Waals surface area contributed by atoms with Crippen molar-refractivity contribution < 1.29 is 19.1 Å². The number of esters is 1. The van der Waals surface area contributed by atoms with Gasteiger partial charge in [-0.15, -0.1) is 11.3 Å². The van der Waals surface area contributed by atoms with Crippen molar-refractivity contribution in [2.24, 2.45) is 0 Å². The van der Waals surface area contributed by atoms with Gasteiger partial charge in [0.1, 0.15) is 10.8 Å². The second kappa shape index (κ2) is 9.57. The molecule has 0 saturated carbocycles. The number of amides is 1. The van der Waals surface area contributed by atoms with Gasteiger partial charge in [-0.05, 0) is 30.5 Å². The molecule has 150 valence electrons. The highest BCUT2D eigenvalue weighted by Crippen LogP contribution is 2.29. The highest BCUT2D eigenvalue weighted by Gasteiger charge is 2.22. The van der Waals surface area contributed by atoms with Gasteiger partial charge in [0.25, 0.3) is 0 Å². The van der Waals surface area contributed by atoms with Crippen molar-refractivity contribution in [1.29, 1.82) is 0 Å². The van der Waals surface area contributed by atoms with E-state index in [1.165, 1.54) is 18.4 Å². The molecule has 1 aliphatic heterocycles. The van der Waals surface area contributed by atoms with Gasteiger partial charge in [0.2, 0.25) is 5.91 Å². The van der Waals surface area contributed by atoms with Crippen molar-refractivity contribution in [1.82, 2.24) is 4.90 Å². The van der Waals surface area contributed by atoms with Gasteiger partial charge in [-0.1, -0.05) is 12.1 Å². The Kier molecular flexibility index (Phi) is 6.89. The minimum Gasteiger partial charge on any atom is -0.492 e. The van der Waals surface area contributed by atoms with Gasteiger partial charge in [0.15, 0.2) is 0 Å². The first-order chi connectivity index (χ1) is 13.6. The third-order valence-corrected chi connectivity index (χ3v) is 5.40. The normalized spacial score (nSPS) is 14.6. The van der Waals surface area contributed by atoms with E-state index in [4.69, 9.17) is 9.47 Å². The van der Waals surface area contributed by atoms with Crippen LogP contribution in [-0.2, 0) is 9.53 Å². The first-order valence-corrected chi connectivity index (χ1v) is 10.1. The minimum absolute atomic E-state index is 0.129. The fraction of sp³-hybridized carbons (Fsp3) is 0.400. The summed E-state index contributed by atoms with van der Waals surface area (Å²) >= 11 is 1.31. The van der Waals surface area contributed by atoms with E-state index < -0.39 is 5.97 Å². The van der Waals surface area contributed by atoms with Crippen LogP contribution in [0.4, 0.5) is 10.7 Å². The van der Waals surface area contributed by atoms with Crippen LogP contribution in [0, 0.1) is 0 Å².